The molecule has 1 aliphatic carbocycles. The average molecular weight is 315 g/mol. The highest BCUT2D eigenvalue weighted by atomic mass is 35.5. The number of rotatable bonds is 3. The van der Waals surface area contributed by atoms with Gasteiger partial charge in [0.25, 0.3) is 0 Å². The van der Waals surface area contributed by atoms with E-state index in [1.54, 1.807) is 25.1 Å². The summed E-state index contributed by atoms with van der Waals surface area (Å²) in [5.74, 6) is -1.78. The van der Waals surface area contributed by atoms with Gasteiger partial charge in [-0.25, -0.2) is 0 Å². The first-order chi connectivity index (χ1) is 10.6. The molecule has 0 N–H and O–H groups in total. The molecule has 112 valence electrons. The normalized spacial score (nSPS) is 19.8. The largest absolute Gasteiger partial charge is 0.465 e. The van der Waals surface area contributed by atoms with Gasteiger partial charge in [0.05, 0.1) is 6.61 Å². The van der Waals surface area contributed by atoms with E-state index in [2.05, 4.69) is 0 Å². The van der Waals surface area contributed by atoms with Crippen molar-refractivity contribution >= 4 is 23.4 Å². The summed E-state index contributed by atoms with van der Waals surface area (Å²) in [6, 6.07) is 14.6. The molecule has 0 fully saturated rings. The first-order valence-corrected chi connectivity index (χ1v) is 7.56. The number of esters is 1. The molecule has 0 amide bonds. The topological polar surface area (TPSA) is 43.4 Å². The van der Waals surface area contributed by atoms with Crippen molar-refractivity contribution in [2.24, 2.45) is 5.92 Å². The Bertz CT molecular complexity index is 721. The van der Waals surface area contributed by atoms with E-state index in [0.29, 0.717) is 10.6 Å². The Morgan fingerprint density at radius 1 is 1.14 bits per heavy atom. The molecule has 0 heterocycles. The van der Waals surface area contributed by atoms with Crippen LogP contribution >= 0.6 is 11.6 Å². The van der Waals surface area contributed by atoms with Crippen LogP contribution in [0.3, 0.4) is 0 Å². The van der Waals surface area contributed by atoms with Crippen LogP contribution in [0, 0.1) is 5.92 Å². The van der Waals surface area contributed by atoms with Crippen LogP contribution in [0.2, 0.25) is 5.02 Å². The van der Waals surface area contributed by atoms with Crippen molar-refractivity contribution < 1.29 is 14.3 Å². The Morgan fingerprint density at radius 2 is 1.82 bits per heavy atom. The monoisotopic (exact) mass is 314 g/mol. The van der Waals surface area contributed by atoms with Gasteiger partial charge in [0.1, 0.15) is 5.92 Å². The molecule has 2 unspecified atom stereocenters. The van der Waals surface area contributed by atoms with Gasteiger partial charge in [0.2, 0.25) is 0 Å². The number of Topliss-reactive ketones (excluding diaryl/α,β-unsaturated/α-hetero) is 1. The van der Waals surface area contributed by atoms with Crippen LogP contribution in [0.5, 0.6) is 0 Å². The van der Waals surface area contributed by atoms with Gasteiger partial charge in [0.15, 0.2) is 5.78 Å². The van der Waals surface area contributed by atoms with E-state index in [-0.39, 0.29) is 18.3 Å². The van der Waals surface area contributed by atoms with Crippen LogP contribution in [0.15, 0.2) is 48.5 Å². The molecule has 0 radical (unpaired) electrons. The molecule has 3 rings (SSSR count). The van der Waals surface area contributed by atoms with Gasteiger partial charge in [-0.2, -0.15) is 0 Å². The van der Waals surface area contributed by atoms with Gasteiger partial charge in [-0.05, 0) is 30.2 Å². The lowest BCUT2D eigenvalue weighted by molar-refractivity contribution is -0.146. The maximum absolute atomic E-state index is 12.6. The van der Waals surface area contributed by atoms with Crippen molar-refractivity contribution in [2.75, 3.05) is 6.61 Å². The number of carbonyl (C=O) groups is 2. The van der Waals surface area contributed by atoms with Crippen LogP contribution in [0.1, 0.15) is 34.3 Å². The maximum Gasteiger partial charge on any atom is 0.317 e. The zero-order valence-corrected chi connectivity index (χ0v) is 12.8. The zero-order valence-electron chi connectivity index (χ0n) is 12.1. The molecule has 4 heteroatoms. The first kappa shape index (κ1) is 14.8. The summed E-state index contributed by atoms with van der Waals surface area (Å²) in [6.45, 7) is 1.99. The quantitative estimate of drug-likeness (QED) is 0.638. The SMILES string of the molecule is CCOC(=O)C1C(=O)c2ccccc2C1c1ccc(Cl)cc1. The molecule has 22 heavy (non-hydrogen) atoms. The second kappa shape index (κ2) is 5.93. The highest BCUT2D eigenvalue weighted by molar-refractivity contribution is 6.30. The number of carbonyl (C=O) groups excluding carboxylic acids is 2. The minimum Gasteiger partial charge on any atom is -0.465 e. The average Bonchev–Trinajstić information content (AvgIpc) is 2.82. The minimum atomic E-state index is -0.821. The molecule has 2 aromatic carbocycles. The van der Waals surface area contributed by atoms with E-state index < -0.39 is 11.9 Å². The van der Waals surface area contributed by atoms with Crippen LogP contribution in [-0.4, -0.2) is 18.4 Å². The number of fused-ring (bicyclic) bond motifs is 1. The second-order valence-corrected chi connectivity index (χ2v) is 5.65. The number of hydrogen-bond acceptors (Lipinski definition) is 3. The Balaban J connectivity index is 2.11. The molecule has 0 spiro atoms. The summed E-state index contributed by atoms with van der Waals surface area (Å²) < 4.78 is 5.12. The van der Waals surface area contributed by atoms with Gasteiger partial charge >= 0.3 is 5.97 Å². The lowest BCUT2D eigenvalue weighted by Gasteiger charge is -2.18. The highest BCUT2D eigenvalue weighted by Crippen LogP contribution is 2.43. The molecule has 0 saturated carbocycles. The number of benzene rings is 2. The van der Waals surface area contributed by atoms with Gasteiger partial charge < -0.3 is 4.74 Å². The Hall–Kier alpha value is -2.13. The van der Waals surface area contributed by atoms with Crippen LogP contribution in [-0.2, 0) is 9.53 Å². The summed E-state index contributed by atoms with van der Waals surface area (Å²) in [7, 11) is 0. The third kappa shape index (κ3) is 2.42. The molecule has 1 aliphatic rings. The Morgan fingerprint density at radius 3 is 2.50 bits per heavy atom. The number of ketones is 1. The predicted molar refractivity (Wildman–Crippen MR) is 84.2 cm³/mol. The fourth-order valence-corrected chi connectivity index (χ4v) is 3.13. The maximum atomic E-state index is 12.6. The van der Waals surface area contributed by atoms with Crippen molar-refractivity contribution in [2.45, 2.75) is 12.8 Å². The molecular weight excluding hydrogens is 300 g/mol. The Kier molecular flexibility index (Phi) is 3.99. The van der Waals surface area contributed by atoms with E-state index in [1.807, 2.05) is 30.3 Å². The van der Waals surface area contributed by atoms with E-state index in [0.717, 1.165) is 11.1 Å². The lowest BCUT2D eigenvalue weighted by Crippen LogP contribution is -2.27. The highest BCUT2D eigenvalue weighted by Gasteiger charge is 2.45. The fraction of sp³-hybridized carbons (Fsp3) is 0.222. The van der Waals surface area contributed by atoms with Crippen molar-refractivity contribution in [3.63, 3.8) is 0 Å². The van der Waals surface area contributed by atoms with Gasteiger partial charge in [-0.15, -0.1) is 0 Å². The first-order valence-electron chi connectivity index (χ1n) is 7.18. The number of hydrogen-bond donors (Lipinski definition) is 0. The van der Waals surface area contributed by atoms with Crippen LogP contribution in [0.25, 0.3) is 0 Å². The third-order valence-corrected chi connectivity index (χ3v) is 4.20. The van der Waals surface area contributed by atoms with Crippen LogP contribution < -0.4 is 0 Å². The molecule has 0 bridgehead atoms. The fourth-order valence-electron chi connectivity index (χ4n) is 3.01. The third-order valence-electron chi connectivity index (χ3n) is 3.95. The van der Waals surface area contributed by atoms with E-state index >= 15 is 0 Å². The van der Waals surface area contributed by atoms with Gasteiger partial charge in [-0.1, -0.05) is 48.0 Å². The second-order valence-electron chi connectivity index (χ2n) is 5.21. The van der Waals surface area contributed by atoms with Crippen molar-refractivity contribution in [3.8, 4) is 0 Å². The Labute approximate surface area is 133 Å². The smallest absolute Gasteiger partial charge is 0.317 e. The van der Waals surface area contributed by atoms with E-state index in [4.69, 9.17) is 16.3 Å². The van der Waals surface area contributed by atoms with E-state index in [9.17, 15) is 9.59 Å². The lowest BCUT2D eigenvalue weighted by atomic mass is 9.85. The standard InChI is InChI=1S/C18H15ClO3/c1-2-22-18(21)16-15(11-7-9-12(19)10-8-11)13-5-3-4-6-14(13)17(16)20/h3-10,15-16H,2H2,1H3. The summed E-state index contributed by atoms with van der Waals surface area (Å²) in [5, 5.41) is 0.619. The van der Waals surface area contributed by atoms with Crippen molar-refractivity contribution in [1.82, 2.24) is 0 Å². The summed E-state index contributed by atoms with van der Waals surface area (Å²) in [5.41, 5.74) is 2.36. The molecule has 0 aromatic heterocycles. The minimum absolute atomic E-state index is 0.172. The van der Waals surface area contributed by atoms with Gasteiger partial charge in [0, 0.05) is 16.5 Å². The molecule has 3 nitrogen and oxygen atoms in total. The molecule has 2 aromatic rings. The summed E-state index contributed by atoms with van der Waals surface area (Å²) in [6.07, 6.45) is 0. The summed E-state index contributed by atoms with van der Waals surface area (Å²) >= 11 is 5.94. The van der Waals surface area contributed by atoms with Crippen molar-refractivity contribution in [1.29, 1.82) is 0 Å². The van der Waals surface area contributed by atoms with Crippen LogP contribution in [0.4, 0.5) is 0 Å². The molecule has 2 atom stereocenters. The zero-order chi connectivity index (χ0) is 15.7. The van der Waals surface area contributed by atoms with Gasteiger partial charge in [-0.3, -0.25) is 9.59 Å². The predicted octanol–water partition coefficient (Wildman–Crippen LogP) is 3.85. The van der Waals surface area contributed by atoms with E-state index in [1.165, 1.54) is 0 Å². The van der Waals surface area contributed by atoms with Crippen molar-refractivity contribution in [3.05, 3.63) is 70.2 Å². The molecule has 0 aliphatic heterocycles. The molecular formula is C18H15ClO3. The number of halogens is 1. The number of ether oxygens (including phenoxy) is 1. The molecule has 0 saturated heterocycles. The summed E-state index contributed by atoms with van der Waals surface area (Å²) in [4.78, 5) is 24.9.